The summed E-state index contributed by atoms with van der Waals surface area (Å²) in [5.74, 6) is -0.101. The molecular weight excluding hydrogens is 156 g/mol. The third kappa shape index (κ3) is 1.72. The summed E-state index contributed by atoms with van der Waals surface area (Å²) in [6, 6.07) is 2.99. The van der Waals surface area contributed by atoms with Crippen molar-refractivity contribution >= 4 is 5.91 Å². The van der Waals surface area contributed by atoms with Gasteiger partial charge >= 0.3 is 0 Å². The fourth-order valence-electron chi connectivity index (χ4n) is 0.814. The van der Waals surface area contributed by atoms with Crippen LogP contribution < -0.4 is 4.73 Å². The van der Waals surface area contributed by atoms with Crippen LogP contribution in [0.15, 0.2) is 24.5 Å². The minimum atomic E-state index is -0.101. The van der Waals surface area contributed by atoms with Crippen molar-refractivity contribution in [2.45, 2.75) is 0 Å². The predicted molar refractivity (Wildman–Crippen MR) is 43.4 cm³/mol. The molecule has 1 rings (SSSR count). The van der Waals surface area contributed by atoms with E-state index in [9.17, 15) is 10.0 Å². The Morgan fingerprint density at radius 3 is 2.33 bits per heavy atom. The first kappa shape index (κ1) is 8.52. The second kappa shape index (κ2) is 3.21. The fraction of sp³-hybridized carbons (Fsp3) is 0.250. The van der Waals surface area contributed by atoms with Crippen molar-refractivity contribution in [1.82, 2.24) is 4.90 Å². The molecule has 12 heavy (non-hydrogen) atoms. The summed E-state index contributed by atoms with van der Waals surface area (Å²) in [5, 5.41) is 10.6. The Morgan fingerprint density at radius 2 is 1.92 bits per heavy atom. The average Bonchev–Trinajstić information content (AvgIpc) is 2.04. The predicted octanol–water partition coefficient (Wildman–Crippen LogP) is 0.0218. The molecule has 0 bridgehead atoms. The van der Waals surface area contributed by atoms with Crippen LogP contribution in [0.5, 0.6) is 0 Å². The van der Waals surface area contributed by atoms with Crippen molar-refractivity contribution in [2.24, 2.45) is 0 Å². The second-order valence-corrected chi connectivity index (χ2v) is 2.65. The Labute approximate surface area is 70.6 Å². The van der Waals surface area contributed by atoms with Crippen molar-refractivity contribution in [3.8, 4) is 0 Å². The number of rotatable bonds is 1. The molecule has 0 saturated carbocycles. The maximum Gasteiger partial charge on any atom is 0.253 e. The van der Waals surface area contributed by atoms with E-state index in [-0.39, 0.29) is 5.91 Å². The Hall–Kier alpha value is -1.58. The molecule has 0 saturated heterocycles. The molecule has 0 spiro atoms. The number of hydrogen-bond acceptors (Lipinski definition) is 2. The minimum Gasteiger partial charge on any atom is -0.619 e. The molecule has 64 valence electrons. The summed E-state index contributed by atoms with van der Waals surface area (Å²) in [5.41, 5.74) is 0.520. The summed E-state index contributed by atoms with van der Waals surface area (Å²) in [4.78, 5) is 12.7. The molecule has 0 radical (unpaired) electrons. The highest BCUT2D eigenvalue weighted by atomic mass is 16.5. The number of nitrogens with zero attached hydrogens (tertiary/aromatic N) is 2. The zero-order chi connectivity index (χ0) is 9.14. The third-order valence-electron chi connectivity index (χ3n) is 1.46. The zero-order valence-electron chi connectivity index (χ0n) is 7.02. The summed E-state index contributed by atoms with van der Waals surface area (Å²) in [6.07, 6.45) is 2.60. The molecule has 4 heteroatoms. The molecule has 1 heterocycles. The van der Waals surface area contributed by atoms with E-state index in [1.807, 2.05) is 0 Å². The van der Waals surface area contributed by atoms with Gasteiger partial charge in [-0.2, -0.15) is 4.73 Å². The lowest BCUT2D eigenvalue weighted by Crippen LogP contribution is -2.27. The van der Waals surface area contributed by atoms with E-state index in [1.54, 1.807) is 14.1 Å². The van der Waals surface area contributed by atoms with Gasteiger partial charge in [-0.25, -0.2) is 0 Å². The highest BCUT2D eigenvalue weighted by Gasteiger charge is 2.07. The van der Waals surface area contributed by atoms with Crippen LogP contribution in [0.2, 0.25) is 0 Å². The Bertz CT molecular complexity index is 280. The van der Waals surface area contributed by atoms with Gasteiger partial charge in [0.05, 0.1) is 5.56 Å². The van der Waals surface area contributed by atoms with Gasteiger partial charge in [-0.1, -0.05) is 0 Å². The standard InChI is InChI=1S/C8H10N2O2/c1-9(2)8(11)7-3-5-10(12)6-4-7/h3-6H,1-2H3. The number of hydrogen-bond donors (Lipinski definition) is 0. The topological polar surface area (TPSA) is 47.2 Å². The Balaban J connectivity index is 2.90. The second-order valence-electron chi connectivity index (χ2n) is 2.65. The van der Waals surface area contributed by atoms with Gasteiger partial charge in [0.1, 0.15) is 0 Å². The lowest BCUT2D eigenvalue weighted by Gasteiger charge is -2.08. The van der Waals surface area contributed by atoms with E-state index in [1.165, 1.54) is 29.4 Å². The van der Waals surface area contributed by atoms with Gasteiger partial charge in [0, 0.05) is 26.2 Å². The largest absolute Gasteiger partial charge is 0.619 e. The molecule has 0 N–H and O–H groups in total. The zero-order valence-corrected chi connectivity index (χ0v) is 7.02. The first-order chi connectivity index (χ1) is 5.61. The molecule has 1 amide bonds. The smallest absolute Gasteiger partial charge is 0.253 e. The van der Waals surface area contributed by atoms with E-state index >= 15 is 0 Å². The molecule has 0 aliphatic carbocycles. The van der Waals surface area contributed by atoms with Gasteiger partial charge in [-0.15, -0.1) is 0 Å². The lowest BCUT2D eigenvalue weighted by molar-refractivity contribution is -0.605. The first-order valence-corrected chi connectivity index (χ1v) is 3.52. The number of aromatic nitrogens is 1. The van der Waals surface area contributed by atoms with E-state index in [0.717, 1.165) is 0 Å². The molecule has 0 unspecified atom stereocenters. The van der Waals surface area contributed by atoms with Crippen LogP contribution in [0.3, 0.4) is 0 Å². The van der Waals surface area contributed by atoms with Crippen LogP contribution in [0.1, 0.15) is 10.4 Å². The van der Waals surface area contributed by atoms with Gasteiger partial charge in [0.25, 0.3) is 5.91 Å². The molecule has 0 aliphatic heterocycles. The van der Waals surface area contributed by atoms with Crippen LogP contribution in [-0.4, -0.2) is 24.9 Å². The summed E-state index contributed by atoms with van der Waals surface area (Å²) >= 11 is 0. The van der Waals surface area contributed by atoms with Crippen LogP contribution in [0, 0.1) is 5.21 Å². The van der Waals surface area contributed by atoms with E-state index in [0.29, 0.717) is 10.3 Å². The normalized spacial score (nSPS) is 9.50. The Morgan fingerprint density at radius 1 is 1.42 bits per heavy atom. The first-order valence-electron chi connectivity index (χ1n) is 3.52. The molecule has 0 atom stereocenters. The maximum atomic E-state index is 11.3. The van der Waals surface area contributed by atoms with Crippen molar-refractivity contribution in [1.29, 1.82) is 0 Å². The molecule has 0 aromatic carbocycles. The van der Waals surface area contributed by atoms with E-state index in [2.05, 4.69) is 0 Å². The van der Waals surface area contributed by atoms with Crippen molar-refractivity contribution < 1.29 is 9.52 Å². The highest BCUT2D eigenvalue weighted by Crippen LogP contribution is 1.97. The van der Waals surface area contributed by atoms with Crippen LogP contribution in [0.4, 0.5) is 0 Å². The summed E-state index contributed by atoms with van der Waals surface area (Å²) < 4.78 is 0.645. The number of carbonyl (C=O) groups is 1. The van der Waals surface area contributed by atoms with Gasteiger partial charge in [0.15, 0.2) is 12.4 Å². The lowest BCUT2D eigenvalue weighted by atomic mass is 10.2. The third-order valence-corrected chi connectivity index (χ3v) is 1.46. The van der Waals surface area contributed by atoms with Gasteiger partial charge < -0.3 is 10.1 Å². The number of carbonyl (C=O) groups excluding carboxylic acids is 1. The minimum absolute atomic E-state index is 0.101. The van der Waals surface area contributed by atoms with Gasteiger partial charge in [-0.3, -0.25) is 4.79 Å². The summed E-state index contributed by atoms with van der Waals surface area (Å²) in [7, 11) is 3.33. The number of pyridine rings is 1. The SMILES string of the molecule is CN(C)C(=O)c1cc[n+]([O-])cc1. The van der Waals surface area contributed by atoms with Crippen LogP contribution in [-0.2, 0) is 0 Å². The van der Waals surface area contributed by atoms with Crippen molar-refractivity contribution in [3.63, 3.8) is 0 Å². The van der Waals surface area contributed by atoms with E-state index < -0.39 is 0 Å². The molecular formula is C8H10N2O2. The molecule has 0 aliphatic rings. The molecule has 0 fully saturated rings. The van der Waals surface area contributed by atoms with Gasteiger partial charge in [-0.05, 0) is 0 Å². The monoisotopic (exact) mass is 166 g/mol. The summed E-state index contributed by atoms with van der Waals surface area (Å²) in [6.45, 7) is 0. The maximum absolute atomic E-state index is 11.3. The quantitative estimate of drug-likeness (QED) is 0.436. The van der Waals surface area contributed by atoms with E-state index in [4.69, 9.17) is 0 Å². The number of amides is 1. The fourth-order valence-corrected chi connectivity index (χ4v) is 0.814. The van der Waals surface area contributed by atoms with Crippen molar-refractivity contribution in [3.05, 3.63) is 35.3 Å². The van der Waals surface area contributed by atoms with Gasteiger partial charge in [0.2, 0.25) is 0 Å². The highest BCUT2D eigenvalue weighted by molar-refractivity contribution is 5.93. The van der Waals surface area contributed by atoms with Crippen molar-refractivity contribution in [2.75, 3.05) is 14.1 Å². The molecule has 4 nitrogen and oxygen atoms in total. The molecule has 1 aromatic heterocycles. The Kier molecular flexibility index (Phi) is 2.28. The molecule has 1 aromatic rings. The average molecular weight is 166 g/mol. The van der Waals surface area contributed by atoms with Crippen LogP contribution >= 0.6 is 0 Å². The van der Waals surface area contributed by atoms with Crippen LogP contribution in [0.25, 0.3) is 0 Å².